The maximum atomic E-state index is 13.4. The average Bonchev–Trinajstić information content (AvgIpc) is 3.55. The standard InChI is InChI=1S/C22H28N6OS2.C2H6/c1-25(2)16-8-12-26(14-16)19-7-6-17-20(29)18(31-27-10-4-3-5-11-27)15-28(21(17)24-19)22-23-9-13-30-22;1-2/h6-7,9,13,15-16H,3-5,8,10-12,14H2,1-2H3;1-2H3. The number of likely N-dealkylation sites (N-methyl/N-ethyl adjacent to an activating group) is 1. The van der Waals surface area contributed by atoms with Crippen LogP contribution in [0.5, 0.6) is 0 Å². The van der Waals surface area contributed by atoms with Gasteiger partial charge in [-0.1, -0.05) is 20.3 Å². The lowest BCUT2D eigenvalue weighted by molar-refractivity contribution is 0.315. The molecule has 1 unspecified atom stereocenters. The molecule has 0 radical (unpaired) electrons. The molecule has 7 nitrogen and oxygen atoms in total. The lowest BCUT2D eigenvalue weighted by atomic mass is 10.2. The third kappa shape index (κ3) is 5.26. The number of pyridine rings is 2. The first kappa shape index (κ1) is 24.2. The lowest BCUT2D eigenvalue weighted by Crippen LogP contribution is -2.31. The van der Waals surface area contributed by atoms with Crippen molar-refractivity contribution in [3.05, 3.63) is 40.1 Å². The molecule has 3 aromatic heterocycles. The number of thiazole rings is 1. The van der Waals surface area contributed by atoms with E-state index in [-0.39, 0.29) is 5.43 Å². The molecule has 5 heterocycles. The second kappa shape index (κ2) is 11.0. The van der Waals surface area contributed by atoms with Crippen LogP contribution in [0.25, 0.3) is 16.2 Å². The number of hydrogen-bond acceptors (Lipinski definition) is 8. The highest BCUT2D eigenvalue weighted by Gasteiger charge is 2.26. The third-order valence-corrected chi connectivity index (χ3v) is 8.07. The van der Waals surface area contributed by atoms with Crippen LogP contribution in [0.4, 0.5) is 5.82 Å². The van der Waals surface area contributed by atoms with Crippen LogP contribution in [-0.2, 0) is 0 Å². The normalized spacial score (nSPS) is 19.2. The highest BCUT2D eigenvalue weighted by atomic mass is 32.2. The quantitative estimate of drug-likeness (QED) is 0.492. The highest BCUT2D eigenvalue weighted by Crippen LogP contribution is 2.29. The topological polar surface area (TPSA) is 57.5 Å². The minimum absolute atomic E-state index is 0.0602. The Hall–Kier alpha value is -1.94. The van der Waals surface area contributed by atoms with Crippen LogP contribution in [-0.4, -0.2) is 70.1 Å². The number of rotatable bonds is 5. The molecule has 9 heteroatoms. The molecule has 2 aliphatic heterocycles. The summed E-state index contributed by atoms with van der Waals surface area (Å²) in [6, 6.07) is 4.48. The van der Waals surface area contributed by atoms with Crippen molar-refractivity contribution in [1.29, 1.82) is 0 Å². The molecule has 3 aromatic rings. The summed E-state index contributed by atoms with van der Waals surface area (Å²) in [5.41, 5.74) is 0.749. The molecule has 0 spiro atoms. The van der Waals surface area contributed by atoms with Crippen molar-refractivity contribution in [2.24, 2.45) is 0 Å². The van der Waals surface area contributed by atoms with E-state index in [1.54, 1.807) is 29.5 Å². The zero-order chi connectivity index (χ0) is 23.4. The summed E-state index contributed by atoms with van der Waals surface area (Å²) in [6.07, 6.45) is 8.51. The zero-order valence-electron chi connectivity index (χ0n) is 20.0. The van der Waals surface area contributed by atoms with Gasteiger partial charge in [-0.05, 0) is 57.4 Å². The Balaban J connectivity index is 0.00000126. The van der Waals surface area contributed by atoms with E-state index in [1.807, 2.05) is 42.1 Å². The fraction of sp³-hybridized carbons (Fsp3) is 0.542. The summed E-state index contributed by atoms with van der Waals surface area (Å²) in [5, 5.41) is 3.45. The van der Waals surface area contributed by atoms with Crippen molar-refractivity contribution in [2.45, 2.75) is 50.5 Å². The SMILES string of the molecule is CC.CN(C)C1CCN(c2ccc3c(=O)c(SN4CCCCC4)cn(-c4nccs4)c3n2)C1. The Labute approximate surface area is 204 Å². The van der Waals surface area contributed by atoms with E-state index in [2.05, 4.69) is 33.2 Å². The van der Waals surface area contributed by atoms with Gasteiger partial charge in [-0.3, -0.25) is 9.36 Å². The van der Waals surface area contributed by atoms with Gasteiger partial charge in [0.2, 0.25) is 5.43 Å². The van der Waals surface area contributed by atoms with Crippen molar-refractivity contribution in [2.75, 3.05) is 45.2 Å². The van der Waals surface area contributed by atoms with Crippen molar-refractivity contribution < 1.29 is 0 Å². The Morgan fingerprint density at radius 2 is 1.91 bits per heavy atom. The van der Waals surface area contributed by atoms with Crippen LogP contribution < -0.4 is 10.3 Å². The monoisotopic (exact) mass is 486 g/mol. The van der Waals surface area contributed by atoms with Crippen molar-refractivity contribution in [1.82, 2.24) is 23.7 Å². The molecular formula is C24H34N6OS2. The van der Waals surface area contributed by atoms with Gasteiger partial charge in [-0.25, -0.2) is 14.3 Å². The highest BCUT2D eigenvalue weighted by molar-refractivity contribution is 7.97. The van der Waals surface area contributed by atoms with E-state index in [4.69, 9.17) is 4.98 Å². The molecule has 0 aliphatic carbocycles. The average molecular weight is 487 g/mol. The van der Waals surface area contributed by atoms with Gasteiger partial charge in [0, 0.05) is 50.0 Å². The maximum absolute atomic E-state index is 13.4. The Bertz CT molecular complexity index is 1110. The number of nitrogens with zero attached hydrogens (tertiary/aromatic N) is 6. The van der Waals surface area contributed by atoms with Gasteiger partial charge in [0.25, 0.3) is 0 Å². The van der Waals surface area contributed by atoms with Crippen LogP contribution in [0.15, 0.2) is 39.6 Å². The summed E-state index contributed by atoms with van der Waals surface area (Å²) >= 11 is 3.14. The summed E-state index contributed by atoms with van der Waals surface area (Å²) in [5.74, 6) is 0.929. The smallest absolute Gasteiger partial charge is 0.205 e. The number of aromatic nitrogens is 3. The number of piperidine rings is 1. The van der Waals surface area contributed by atoms with Gasteiger partial charge in [0.05, 0.1) is 10.3 Å². The van der Waals surface area contributed by atoms with E-state index in [0.29, 0.717) is 17.1 Å². The molecule has 0 bridgehead atoms. The first-order valence-electron chi connectivity index (χ1n) is 11.9. The molecule has 0 N–H and O–H groups in total. The fourth-order valence-corrected chi connectivity index (χ4v) is 6.04. The number of anilines is 1. The Morgan fingerprint density at radius 1 is 1.12 bits per heavy atom. The second-order valence-corrected chi connectivity index (χ2v) is 10.5. The molecule has 0 aromatic carbocycles. The maximum Gasteiger partial charge on any atom is 0.205 e. The predicted octanol–water partition coefficient (Wildman–Crippen LogP) is 4.50. The fourth-order valence-electron chi connectivity index (χ4n) is 4.36. The predicted molar refractivity (Wildman–Crippen MR) is 140 cm³/mol. The molecule has 5 rings (SSSR count). The Kier molecular flexibility index (Phi) is 8.06. The summed E-state index contributed by atoms with van der Waals surface area (Å²) in [4.78, 5) is 28.2. The van der Waals surface area contributed by atoms with Crippen LogP contribution in [0.1, 0.15) is 39.5 Å². The van der Waals surface area contributed by atoms with Crippen LogP contribution in [0, 0.1) is 0 Å². The molecule has 0 amide bonds. The van der Waals surface area contributed by atoms with Crippen LogP contribution in [0.3, 0.4) is 0 Å². The van der Waals surface area contributed by atoms with Gasteiger partial charge in [-0.2, -0.15) is 0 Å². The molecule has 2 fully saturated rings. The van der Waals surface area contributed by atoms with Crippen molar-refractivity contribution >= 4 is 40.1 Å². The van der Waals surface area contributed by atoms with E-state index >= 15 is 0 Å². The summed E-state index contributed by atoms with van der Waals surface area (Å²) < 4.78 is 4.31. The molecule has 2 saturated heterocycles. The second-order valence-electron chi connectivity index (χ2n) is 8.48. The molecule has 33 heavy (non-hydrogen) atoms. The molecule has 1 atom stereocenters. The first-order chi connectivity index (χ1) is 16.1. The van der Waals surface area contributed by atoms with Gasteiger partial charge in [0.15, 0.2) is 10.8 Å². The third-order valence-electron chi connectivity index (χ3n) is 6.19. The lowest BCUT2D eigenvalue weighted by Gasteiger charge is -2.25. The summed E-state index contributed by atoms with van der Waals surface area (Å²) in [7, 11) is 4.26. The molecular weight excluding hydrogens is 452 g/mol. The van der Waals surface area contributed by atoms with E-state index in [1.165, 1.54) is 19.3 Å². The summed E-state index contributed by atoms with van der Waals surface area (Å²) in [6.45, 7) is 7.98. The Morgan fingerprint density at radius 3 is 2.58 bits per heavy atom. The molecule has 2 aliphatic rings. The van der Waals surface area contributed by atoms with Gasteiger partial charge in [-0.15, -0.1) is 11.3 Å². The number of hydrogen-bond donors (Lipinski definition) is 0. The van der Waals surface area contributed by atoms with Gasteiger partial charge in [0.1, 0.15) is 5.82 Å². The first-order valence-corrected chi connectivity index (χ1v) is 13.6. The minimum atomic E-state index is 0.0602. The van der Waals surface area contributed by atoms with Crippen LogP contribution >= 0.6 is 23.3 Å². The number of fused-ring (bicyclic) bond motifs is 1. The zero-order valence-corrected chi connectivity index (χ0v) is 21.7. The van der Waals surface area contributed by atoms with Crippen LogP contribution in [0.2, 0.25) is 0 Å². The molecule has 178 valence electrons. The minimum Gasteiger partial charge on any atom is -0.355 e. The van der Waals surface area contributed by atoms with Crippen molar-refractivity contribution in [3.63, 3.8) is 0 Å². The molecule has 0 saturated carbocycles. The van der Waals surface area contributed by atoms with E-state index in [9.17, 15) is 4.79 Å². The van der Waals surface area contributed by atoms with E-state index in [0.717, 1.165) is 48.4 Å². The van der Waals surface area contributed by atoms with Gasteiger partial charge >= 0.3 is 0 Å². The van der Waals surface area contributed by atoms with Gasteiger partial charge < -0.3 is 9.80 Å². The largest absolute Gasteiger partial charge is 0.355 e. The van der Waals surface area contributed by atoms with E-state index < -0.39 is 0 Å². The van der Waals surface area contributed by atoms with Crippen molar-refractivity contribution in [3.8, 4) is 5.13 Å².